The number of halogens is 2. The minimum absolute atomic E-state index is 0.0209. The van der Waals surface area contributed by atoms with Gasteiger partial charge in [-0.2, -0.15) is 0 Å². The number of ether oxygens (including phenoxy) is 1. The second kappa shape index (κ2) is 4.37. The van der Waals surface area contributed by atoms with Gasteiger partial charge in [-0.1, -0.05) is 12.1 Å². The van der Waals surface area contributed by atoms with E-state index in [0.29, 0.717) is 0 Å². The smallest absolute Gasteiger partial charge is 0.274 e. The van der Waals surface area contributed by atoms with Gasteiger partial charge in [0.25, 0.3) is 5.92 Å². The molecule has 0 fully saturated rings. The van der Waals surface area contributed by atoms with E-state index in [1.54, 1.807) is 6.07 Å². The maximum absolute atomic E-state index is 13.0. The van der Waals surface area contributed by atoms with Crippen molar-refractivity contribution >= 4 is 0 Å². The Kier molecular flexibility index (Phi) is 3.41. The van der Waals surface area contributed by atoms with Crippen LogP contribution >= 0.6 is 0 Å². The van der Waals surface area contributed by atoms with Crippen LogP contribution in [0.25, 0.3) is 0 Å². The number of rotatable bonds is 4. The van der Waals surface area contributed by atoms with E-state index >= 15 is 0 Å². The monoisotopic (exact) mass is 202 g/mol. The summed E-state index contributed by atoms with van der Waals surface area (Å²) in [5.41, 5.74) is -0.159. The normalized spacial score (nSPS) is 11.4. The minimum Gasteiger partial charge on any atom is -0.491 e. The third-order valence-corrected chi connectivity index (χ3v) is 1.71. The van der Waals surface area contributed by atoms with Gasteiger partial charge in [0.15, 0.2) is 0 Å². The SMILES string of the molecule is CC(F)(F)c1ccccc1OCCO. The predicted molar refractivity (Wildman–Crippen MR) is 48.6 cm³/mol. The molecule has 0 heterocycles. The standard InChI is InChI=1S/C10H12F2O2/c1-10(11,12)8-4-2-3-5-9(8)14-7-6-13/h2-5,13H,6-7H2,1H3. The van der Waals surface area contributed by atoms with Crippen molar-refractivity contribution in [3.05, 3.63) is 29.8 Å². The molecule has 0 saturated heterocycles. The largest absolute Gasteiger partial charge is 0.491 e. The minimum atomic E-state index is -2.92. The summed E-state index contributed by atoms with van der Waals surface area (Å²) >= 11 is 0. The Balaban J connectivity index is 2.92. The third kappa shape index (κ3) is 2.67. The number of benzene rings is 1. The first kappa shape index (κ1) is 10.9. The van der Waals surface area contributed by atoms with Crippen molar-refractivity contribution in [3.8, 4) is 5.75 Å². The van der Waals surface area contributed by atoms with Crippen molar-refractivity contribution in [1.82, 2.24) is 0 Å². The Morgan fingerprint density at radius 3 is 2.57 bits per heavy atom. The third-order valence-electron chi connectivity index (χ3n) is 1.71. The lowest BCUT2D eigenvalue weighted by Crippen LogP contribution is -2.11. The van der Waals surface area contributed by atoms with Gasteiger partial charge in [-0.05, 0) is 12.1 Å². The van der Waals surface area contributed by atoms with Crippen LogP contribution in [0.2, 0.25) is 0 Å². The van der Waals surface area contributed by atoms with Crippen LogP contribution in [0.15, 0.2) is 24.3 Å². The maximum Gasteiger partial charge on any atom is 0.274 e. The summed E-state index contributed by atoms with van der Waals surface area (Å²) < 4.78 is 31.0. The van der Waals surface area contributed by atoms with Crippen LogP contribution in [0.4, 0.5) is 8.78 Å². The van der Waals surface area contributed by atoms with Crippen LogP contribution in [0.5, 0.6) is 5.75 Å². The molecule has 1 aromatic rings. The molecular weight excluding hydrogens is 190 g/mol. The molecule has 2 nitrogen and oxygen atoms in total. The molecule has 0 aliphatic heterocycles. The summed E-state index contributed by atoms with van der Waals surface area (Å²) in [5.74, 6) is -2.81. The summed E-state index contributed by atoms with van der Waals surface area (Å²) in [4.78, 5) is 0. The Bertz CT molecular complexity index is 294. The van der Waals surface area contributed by atoms with E-state index < -0.39 is 5.92 Å². The van der Waals surface area contributed by atoms with E-state index in [9.17, 15) is 8.78 Å². The molecule has 14 heavy (non-hydrogen) atoms. The number of hydrogen-bond donors (Lipinski definition) is 1. The van der Waals surface area contributed by atoms with E-state index in [2.05, 4.69) is 0 Å². The molecule has 0 radical (unpaired) electrons. The average Bonchev–Trinajstić information content (AvgIpc) is 2.14. The molecule has 78 valence electrons. The Labute approximate surface area is 81.1 Å². The molecule has 1 N–H and O–H groups in total. The van der Waals surface area contributed by atoms with Crippen molar-refractivity contribution in [3.63, 3.8) is 0 Å². The fraction of sp³-hybridized carbons (Fsp3) is 0.400. The van der Waals surface area contributed by atoms with Crippen molar-refractivity contribution in [2.45, 2.75) is 12.8 Å². The molecule has 0 saturated carbocycles. The molecule has 0 spiro atoms. The predicted octanol–water partition coefficient (Wildman–Crippen LogP) is 2.17. The van der Waals surface area contributed by atoms with Crippen molar-refractivity contribution in [1.29, 1.82) is 0 Å². The molecule has 4 heteroatoms. The summed E-state index contributed by atoms with van der Waals surface area (Å²) in [6, 6.07) is 5.91. The summed E-state index contributed by atoms with van der Waals surface area (Å²) in [5, 5.41) is 8.51. The highest BCUT2D eigenvalue weighted by Crippen LogP contribution is 2.33. The number of aliphatic hydroxyl groups is 1. The van der Waals surface area contributed by atoms with Gasteiger partial charge >= 0.3 is 0 Å². The lowest BCUT2D eigenvalue weighted by atomic mass is 10.1. The number of alkyl halides is 2. The zero-order chi connectivity index (χ0) is 10.6. The van der Waals surface area contributed by atoms with Gasteiger partial charge in [0.05, 0.1) is 12.2 Å². The second-order valence-electron chi connectivity index (χ2n) is 2.96. The van der Waals surface area contributed by atoms with Crippen LogP contribution in [-0.4, -0.2) is 18.3 Å². The molecule has 0 atom stereocenters. The molecule has 0 aliphatic carbocycles. The molecule has 1 aromatic carbocycles. The highest BCUT2D eigenvalue weighted by Gasteiger charge is 2.27. The highest BCUT2D eigenvalue weighted by atomic mass is 19.3. The van der Waals surface area contributed by atoms with Crippen LogP contribution in [-0.2, 0) is 5.92 Å². The number of para-hydroxylation sites is 1. The molecular formula is C10H12F2O2. The molecule has 0 bridgehead atoms. The van der Waals surface area contributed by atoms with E-state index in [0.717, 1.165) is 6.92 Å². The highest BCUT2D eigenvalue weighted by molar-refractivity contribution is 5.36. The molecule has 0 unspecified atom stereocenters. The molecule has 1 rings (SSSR count). The lowest BCUT2D eigenvalue weighted by Gasteiger charge is -2.15. The van der Waals surface area contributed by atoms with Gasteiger partial charge in [0.1, 0.15) is 12.4 Å². The van der Waals surface area contributed by atoms with Crippen LogP contribution in [0.3, 0.4) is 0 Å². The molecule has 0 aromatic heterocycles. The topological polar surface area (TPSA) is 29.5 Å². The number of aliphatic hydroxyl groups excluding tert-OH is 1. The Hall–Kier alpha value is -1.16. The second-order valence-corrected chi connectivity index (χ2v) is 2.96. The first-order chi connectivity index (χ1) is 6.55. The first-order valence-corrected chi connectivity index (χ1v) is 4.26. The van der Waals surface area contributed by atoms with Gasteiger partial charge in [-0.3, -0.25) is 0 Å². The van der Waals surface area contributed by atoms with Gasteiger partial charge in [-0.25, -0.2) is 8.78 Å². The molecule has 0 aliphatic rings. The fourth-order valence-corrected chi connectivity index (χ4v) is 1.11. The summed E-state index contributed by atoms with van der Waals surface area (Å²) in [6.07, 6.45) is 0. The fourth-order valence-electron chi connectivity index (χ4n) is 1.11. The van der Waals surface area contributed by atoms with Crippen molar-refractivity contribution in [2.75, 3.05) is 13.2 Å². The van der Waals surface area contributed by atoms with Crippen LogP contribution in [0.1, 0.15) is 12.5 Å². The maximum atomic E-state index is 13.0. The average molecular weight is 202 g/mol. The van der Waals surface area contributed by atoms with Crippen molar-refractivity contribution < 1.29 is 18.6 Å². The summed E-state index contributed by atoms with van der Waals surface area (Å²) in [6.45, 7) is 0.644. The summed E-state index contributed by atoms with van der Waals surface area (Å²) in [7, 11) is 0. The first-order valence-electron chi connectivity index (χ1n) is 4.26. The Morgan fingerprint density at radius 2 is 2.00 bits per heavy atom. The molecule has 0 amide bonds. The van der Waals surface area contributed by atoms with E-state index in [1.807, 2.05) is 0 Å². The lowest BCUT2D eigenvalue weighted by molar-refractivity contribution is 0.0140. The number of hydrogen-bond acceptors (Lipinski definition) is 2. The van der Waals surface area contributed by atoms with E-state index in [1.165, 1.54) is 18.2 Å². The van der Waals surface area contributed by atoms with E-state index in [4.69, 9.17) is 9.84 Å². The zero-order valence-electron chi connectivity index (χ0n) is 7.84. The van der Waals surface area contributed by atoms with E-state index in [-0.39, 0.29) is 24.5 Å². The van der Waals surface area contributed by atoms with Gasteiger partial charge in [0.2, 0.25) is 0 Å². The zero-order valence-corrected chi connectivity index (χ0v) is 7.84. The Morgan fingerprint density at radius 1 is 1.36 bits per heavy atom. The van der Waals surface area contributed by atoms with Crippen molar-refractivity contribution in [2.24, 2.45) is 0 Å². The van der Waals surface area contributed by atoms with Crippen LogP contribution in [0, 0.1) is 0 Å². The van der Waals surface area contributed by atoms with Crippen LogP contribution < -0.4 is 4.74 Å². The van der Waals surface area contributed by atoms with Gasteiger partial charge in [0, 0.05) is 6.92 Å². The van der Waals surface area contributed by atoms with Gasteiger partial charge < -0.3 is 9.84 Å². The quantitative estimate of drug-likeness (QED) is 0.810. The van der Waals surface area contributed by atoms with Gasteiger partial charge in [-0.15, -0.1) is 0 Å².